The van der Waals surface area contributed by atoms with Crippen molar-refractivity contribution >= 4 is 11.6 Å². The van der Waals surface area contributed by atoms with Crippen molar-refractivity contribution in [2.45, 2.75) is 46.1 Å². The summed E-state index contributed by atoms with van der Waals surface area (Å²) < 4.78 is 0. The van der Waals surface area contributed by atoms with Crippen LogP contribution >= 0.6 is 0 Å². The summed E-state index contributed by atoms with van der Waals surface area (Å²) in [6.07, 6.45) is 3.59. The zero-order valence-electron chi connectivity index (χ0n) is 19.3. The van der Waals surface area contributed by atoms with Gasteiger partial charge in [-0.15, -0.1) is 0 Å². The molecule has 1 aliphatic rings. The van der Waals surface area contributed by atoms with Crippen LogP contribution in [0.25, 0.3) is 0 Å². The molecule has 0 bridgehead atoms. The van der Waals surface area contributed by atoms with Crippen LogP contribution in [-0.2, 0) is 11.2 Å². The fraction of sp³-hybridized carbons (Fsp3) is 0.500. The lowest BCUT2D eigenvalue weighted by molar-refractivity contribution is -0.692. The maximum Gasteiger partial charge on any atom is 0.277 e. The number of aryl methyl sites for hydroxylation is 1. The third kappa shape index (κ3) is 6.47. The highest BCUT2D eigenvalue weighted by atomic mass is 16.3. The Balaban J connectivity index is 1.50. The first kappa shape index (κ1) is 23.1. The van der Waals surface area contributed by atoms with Gasteiger partial charge in [0.2, 0.25) is 0 Å². The fourth-order valence-electron chi connectivity index (χ4n) is 4.31. The van der Waals surface area contributed by atoms with Gasteiger partial charge in [0.15, 0.2) is 6.54 Å². The zero-order valence-corrected chi connectivity index (χ0v) is 19.3. The normalized spacial score (nSPS) is 15.4. The third-order valence-corrected chi connectivity index (χ3v) is 6.30. The van der Waals surface area contributed by atoms with Crippen LogP contribution in [0.15, 0.2) is 48.5 Å². The van der Waals surface area contributed by atoms with Crippen LogP contribution < -0.4 is 10.2 Å². The van der Waals surface area contributed by atoms with Crippen molar-refractivity contribution in [2.75, 3.05) is 37.6 Å². The molecule has 1 saturated heterocycles. The lowest BCUT2D eigenvalue weighted by atomic mass is 9.94. The van der Waals surface area contributed by atoms with Crippen LogP contribution in [0.1, 0.15) is 50.8 Å². The van der Waals surface area contributed by atoms with E-state index >= 15 is 0 Å². The summed E-state index contributed by atoms with van der Waals surface area (Å²) in [5.74, 6) is 0.958. The molecule has 0 unspecified atom stereocenters. The Morgan fingerprint density at radius 2 is 1.65 bits per heavy atom. The fourth-order valence-corrected chi connectivity index (χ4v) is 4.31. The smallest absolute Gasteiger partial charge is 0.277 e. The molecule has 3 rings (SSSR count). The molecule has 0 spiro atoms. The number of hydrogen-bond acceptors (Lipinski definition) is 3. The molecule has 0 aromatic heterocycles. The van der Waals surface area contributed by atoms with E-state index in [0.717, 1.165) is 38.3 Å². The number of benzene rings is 2. The first-order valence-electron chi connectivity index (χ1n) is 11.7. The van der Waals surface area contributed by atoms with E-state index in [-0.39, 0.29) is 11.7 Å². The minimum atomic E-state index is 0.218. The Morgan fingerprint density at radius 1 is 1.00 bits per heavy atom. The van der Waals surface area contributed by atoms with Gasteiger partial charge in [0.25, 0.3) is 5.91 Å². The number of nitrogens with two attached hydrogens (primary N) is 1. The summed E-state index contributed by atoms with van der Waals surface area (Å²) in [5, 5.41) is 11.7. The van der Waals surface area contributed by atoms with Crippen molar-refractivity contribution in [1.82, 2.24) is 4.90 Å². The highest BCUT2D eigenvalue weighted by molar-refractivity contribution is 5.77. The molecule has 1 heterocycles. The molecule has 168 valence electrons. The Labute approximate surface area is 187 Å². The predicted molar refractivity (Wildman–Crippen MR) is 126 cm³/mol. The molecule has 1 amide bonds. The van der Waals surface area contributed by atoms with Crippen LogP contribution in [0.5, 0.6) is 5.75 Å². The first-order valence-corrected chi connectivity index (χ1v) is 11.7. The number of rotatable bonds is 9. The number of phenolic OH excluding ortho intramolecular Hbond substituents is 1. The van der Waals surface area contributed by atoms with Gasteiger partial charge in [-0.3, -0.25) is 4.79 Å². The van der Waals surface area contributed by atoms with Gasteiger partial charge in [0.1, 0.15) is 11.8 Å². The molecule has 2 aromatic carbocycles. The number of hydrogen-bond donors (Lipinski definition) is 2. The number of anilines is 1. The number of nitrogens with zero attached hydrogens (tertiary/aromatic N) is 2. The van der Waals surface area contributed by atoms with E-state index in [1.165, 1.54) is 24.0 Å². The minimum absolute atomic E-state index is 0.218. The zero-order chi connectivity index (χ0) is 22.2. The summed E-state index contributed by atoms with van der Waals surface area (Å²) in [6, 6.07) is 16.6. The Bertz CT molecular complexity index is 810. The summed E-state index contributed by atoms with van der Waals surface area (Å²) in [6.45, 7) is 10.3. The van der Waals surface area contributed by atoms with E-state index in [0.29, 0.717) is 18.5 Å². The van der Waals surface area contributed by atoms with Gasteiger partial charge in [-0.2, -0.15) is 0 Å². The molecule has 3 N–H and O–H groups in total. The second-order valence-electron chi connectivity index (χ2n) is 8.94. The van der Waals surface area contributed by atoms with Crippen molar-refractivity contribution in [1.29, 1.82) is 0 Å². The highest BCUT2D eigenvalue weighted by Gasteiger charge is 2.25. The van der Waals surface area contributed by atoms with Crippen LogP contribution in [0, 0.1) is 5.92 Å². The standard InChI is InChI=1S/C26H37N3O2/c1-4-5-6-21-7-9-22(10-8-21)26(20(2)3)27-19-25(31)29-17-15-28(16-18-29)23-11-13-24(30)14-12-23/h7-14,20,26-27,30H,4-6,15-19H2,1-3H3/p+1/t26-/m1/s1. The molecule has 0 radical (unpaired) electrons. The minimum Gasteiger partial charge on any atom is -0.508 e. The molecule has 2 aromatic rings. The van der Waals surface area contributed by atoms with Gasteiger partial charge in [-0.1, -0.05) is 51.5 Å². The van der Waals surface area contributed by atoms with E-state index in [1.54, 1.807) is 12.1 Å². The molecule has 1 atom stereocenters. The third-order valence-electron chi connectivity index (χ3n) is 6.30. The summed E-state index contributed by atoms with van der Waals surface area (Å²) in [4.78, 5) is 17.1. The van der Waals surface area contributed by atoms with E-state index < -0.39 is 0 Å². The maximum absolute atomic E-state index is 12.9. The van der Waals surface area contributed by atoms with E-state index in [4.69, 9.17) is 0 Å². The Hall–Kier alpha value is -2.53. The average Bonchev–Trinajstić information content (AvgIpc) is 2.79. The average molecular weight is 425 g/mol. The number of quaternary nitrogens is 1. The lowest BCUT2D eigenvalue weighted by Gasteiger charge is -2.36. The molecule has 1 aliphatic heterocycles. The number of amides is 1. The Morgan fingerprint density at radius 3 is 2.23 bits per heavy atom. The molecular weight excluding hydrogens is 386 g/mol. The second kappa shape index (κ2) is 11.2. The monoisotopic (exact) mass is 424 g/mol. The van der Waals surface area contributed by atoms with E-state index in [9.17, 15) is 9.90 Å². The number of carbonyl (C=O) groups excluding carboxylic acids is 1. The molecule has 1 fully saturated rings. The summed E-state index contributed by atoms with van der Waals surface area (Å²) in [5.41, 5.74) is 3.80. The lowest BCUT2D eigenvalue weighted by Crippen LogP contribution is -2.88. The van der Waals surface area contributed by atoms with Gasteiger partial charge in [0, 0.05) is 43.3 Å². The molecular formula is C26H38N3O2+. The number of piperazine rings is 1. The van der Waals surface area contributed by atoms with Gasteiger partial charge in [-0.05, 0) is 42.7 Å². The largest absolute Gasteiger partial charge is 0.508 e. The quantitative estimate of drug-likeness (QED) is 0.649. The van der Waals surface area contributed by atoms with E-state index in [2.05, 4.69) is 55.3 Å². The Kier molecular flexibility index (Phi) is 8.35. The SMILES string of the molecule is CCCCc1ccc([C@H]([NH2+]CC(=O)N2CCN(c3ccc(O)cc3)CC2)C(C)C)cc1. The van der Waals surface area contributed by atoms with Gasteiger partial charge >= 0.3 is 0 Å². The van der Waals surface area contributed by atoms with Gasteiger partial charge in [-0.25, -0.2) is 0 Å². The predicted octanol–water partition coefficient (Wildman–Crippen LogP) is 3.34. The highest BCUT2D eigenvalue weighted by Crippen LogP contribution is 2.21. The molecule has 5 nitrogen and oxygen atoms in total. The summed E-state index contributed by atoms with van der Waals surface area (Å²) >= 11 is 0. The number of aromatic hydroxyl groups is 1. The summed E-state index contributed by atoms with van der Waals surface area (Å²) in [7, 11) is 0. The number of unbranched alkanes of at least 4 members (excludes halogenated alkanes) is 1. The van der Waals surface area contributed by atoms with Crippen LogP contribution in [0.4, 0.5) is 5.69 Å². The van der Waals surface area contributed by atoms with E-state index in [1.807, 2.05) is 17.0 Å². The molecule has 31 heavy (non-hydrogen) atoms. The number of carbonyl (C=O) groups is 1. The molecule has 0 aliphatic carbocycles. The van der Waals surface area contributed by atoms with Gasteiger partial charge in [0.05, 0.1) is 0 Å². The van der Waals surface area contributed by atoms with Crippen molar-refractivity contribution < 1.29 is 15.2 Å². The number of phenols is 1. The molecule has 5 heteroatoms. The van der Waals surface area contributed by atoms with Crippen molar-refractivity contribution in [2.24, 2.45) is 5.92 Å². The van der Waals surface area contributed by atoms with Gasteiger partial charge < -0.3 is 20.2 Å². The topological polar surface area (TPSA) is 60.4 Å². The maximum atomic E-state index is 12.9. The van der Waals surface area contributed by atoms with Crippen LogP contribution in [0.3, 0.4) is 0 Å². The van der Waals surface area contributed by atoms with Crippen molar-refractivity contribution in [3.63, 3.8) is 0 Å². The second-order valence-corrected chi connectivity index (χ2v) is 8.94. The van der Waals surface area contributed by atoms with Crippen molar-refractivity contribution in [3.05, 3.63) is 59.7 Å². The van der Waals surface area contributed by atoms with Crippen molar-refractivity contribution in [3.8, 4) is 5.75 Å². The van der Waals surface area contributed by atoms with Crippen LogP contribution in [0.2, 0.25) is 0 Å². The van der Waals surface area contributed by atoms with Crippen LogP contribution in [-0.4, -0.2) is 48.6 Å². The molecule has 0 saturated carbocycles. The first-order chi connectivity index (χ1) is 15.0.